The minimum Gasteiger partial charge on any atom is -0.490 e. The van der Waals surface area contributed by atoms with Crippen molar-refractivity contribution in [2.24, 2.45) is 0 Å². The molecule has 0 saturated carbocycles. The van der Waals surface area contributed by atoms with E-state index in [2.05, 4.69) is 11.9 Å². The fourth-order valence-corrected chi connectivity index (χ4v) is 3.98. The number of hydrogen-bond donors (Lipinski definition) is 0. The Labute approximate surface area is 168 Å². The van der Waals surface area contributed by atoms with Gasteiger partial charge in [-0.15, -0.1) is 0 Å². The van der Waals surface area contributed by atoms with E-state index in [4.69, 9.17) is 18.6 Å². The Kier molecular flexibility index (Phi) is 4.43. The van der Waals surface area contributed by atoms with Gasteiger partial charge in [-0.1, -0.05) is 6.07 Å². The molecule has 0 aliphatic carbocycles. The van der Waals surface area contributed by atoms with Crippen LogP contribution in [0, 0.1) is 6.92 Å². The maximum Gasteiger partial charge on any atom is 0.344 e. The molecule has 2 aliphatic rings. The van der Waals surface area contributed by atoms with Crippen molar-refractivity contribution in [3.8, 4) is 28.4 Å². The summed E-state index contributed by atoms with van der Waals surface area (Å²) < 4.78 is 22.7. The number of fused-ring (bicyclic) bond motifs is 2. The number of aryl methyl sites for hydroxylation is 1. The molecule has 1 saturated heterocycles. The van der Waals surface area contributed by atoms with Crippen LogP contribution in [-0.4, -0.2) is 37.9 Å². The fraction of sp³-hybridized carbons (Fsp3) is 0.348. The largest absolute Gasteiger partial charge is 0.490 e. The van der Waals surface area contributed by atoms with Crippen LogP contribution < -0.4 is 19.8 Å². The summed E-state index contributed by atoms with van der Waals surface area (Å²) in [6.07, 6.45) is 2.20. The zero-order valence-electron chi connectivity index (χ0n) is 16.6. The SMILES string of the molecule is Cc1c(OC2CCN(C)CC2)ccc2cc(-c3ccc4c(c3)OCO4)c(=O)oc12. The van der Waals surface area contributed by atoms with Crippen LogP contribution in [0.5, 0.6) is 17.2 Å². The van der Waals surface area contributed by atoms with Crippen LogP contribution in [0.3, 0.4) is 0 Å². The average molecular weight is 393 g/mol. The second-order valence-electron chi connectivity index (χ2n) is 7.74. The molecule has 150 valence electrons. The van der Waals surface area contributed by atoms with E-state index in [0.717, 1.165) is 48.2 Å². The molecule has 1 fully saturated rings. The van der Waals surface area contributed by atoms with E-state index >= 15 is 0 Å². The van der Waals surface area contributed by atoms with Crippen LogP contribution >= 0.6 is 0 Å². The summed E-state index contributed by atoms with van der Waals surface area (Å²) >= 11 is 0. The fourth-order valence-electron chi connectivity index (χ4n) is 3.98. The Bertz CT molecular complexity index is 1130. The quantitative estimate of drug-likeness (QED) is 0.628. The lowest BCUT2D eigenvalue weighted by atomic mass is 10.0. The molecule has 5 rings (SSSR count). The first-order valence-corrected chi connectivity index (χ1v) is 9.91. The summed E-state index contributed by atoms with van der Waals surface area (Å²) in [5.74, 6) is 2.11. The Balaban J connectivity index is 1.49. The Morgan fingerprint density at radius 1 is 1.03 bits per heavy atom. The number of hydrogen-bond acceptors (Lipinski definition) is 6. The molecule has 2 aliphatic heterocycles. The van der Waals surface area contributed by atoms with E-state index in [1.807, 2.05) is 43.3 Å². The first-order valence-electron chi connectivity index (χ1n) is 9.91. The van der Waals surface area contributed by atoms with Crippen LogP contribution in [0.1, 0.15) is 18.4 Å². The lowest BCUT2D eigenvalue weighted by Crippen LogP contribution is -2.35. The van der Waals surface area contributed by atoms with Crippen molar-refractivity contribution in [1.82, 2.24) is 4.90 Å². The van der Waals surface area contributed by atoms with Crippen molar-refractivity contribution in [2.75, 3.05) is 26.9 Å². The number of piperidine rings is 1. The van der Waals surface area contributed by atoms with Crippen molar-refractivity contribution in [2.45, 2.75) is 25.9 Å². The summed E-state index contributed by atoms with van der Waals surface area (Å²) in [5.41, 5.74) is 2.30. The zero-order valence-corrected chi connectivity index (χ0v) is 16.6. The van der Waals surface area contributed by atoms with Gasteiger partial charge in [0.05, 0.1) is 5.56 Å². The first-order chi connectivity index (χ1) is 14.1. The molecule has 29 heavy (non-hydrogen) atoms. The average Bonchev–Trinajstić information content (AvgIpc) is 3.19. The van der Waals surface area contributed by atoms with Gasteiger partial charge in [0.2, 0.25) is 6.79 Å². The van der Waals surface area contributed by atoms with E-state index in [1.165, 1.54) is 0 Å². The third kappa shape index (κ3) is 3.34. The van der Waals surface area contributed by atoms with Gasteiger partial charge in [0.1, 0.15) is 17.4 Å². The van der Waals surface area contributed by atoms with Gasteiger partial charge < -0.3 is 23.5 Å². The highest BCUT2D eigenvalue weighted by Crippen LogP contribution is 2.36. The molecule has 6 heteroatoms. The van der Waals surface area contributed by atoms with Gasteiger partial charge in [-0.3, -0.25) is 0 Å². The molecular formula is C23H23NO5. The topological polar surface area (TPSA) is 61.1 Å². The van der Waals surface area contributed by atoms with E-state index in [1.54, 1.807) is 0 Å². The Hall–Kier alpha value is -2.99. The minimum absolute atomic E-state index is 0.196. The second-order valence-corrected chi connectivity index (χ2v) is 7.74. The molecule has 6 nitrogen and oxygen atoms in total. The van der Waals surface area contributed by atoms with Crippen LogP contribution in [0.25, 0.3) is 22.1 Å². The number of benzene rings is 2. The number of nitrogens with zero attached hydrogens (tertiary/aromatic N) is 1. The molecule has 0 unspecified atom stereocenters. The predicted octanol–water partition coefficient (Wildman–Crippen LogP) is 3.97. The molecule has 0 atom stereocenters. The van der Waals surface area contributed by atoms with E-state index in [0.29, 0.717) is 22.6 Å². The summed E-state index contributed by atoms with van der Waals surface area (Å²) in [4.78, 5) is 15.0. The molecule has 2 aromatic carbocycles. The van der Waals surface area contributed by atoms with E-state index in [9.17, 15) is 4.79 Å². The summed E-state index contributed by atoms with van der Waals surface area (Å²) in [6.45, 7) is 4.21. The van der Waals surface area contributed by atoms with Gasteiger partial charge in [0.15, 0.2) is 11.5 Å². The highest BCUT2D eigenvalue weighted by atomic mass is 16.7. The molecule has 0 amide bonds. The molecule has 0 spiro atoms. The van der Waals surface area contributed by atoms with Crippen molar-refractivity contribution in [3.63, 3.8) is 0 Å². The molecule has 0 N–H and O–H groups in total. The van der Waals surface area contributed by atoms with Gasteiger partial charge in [-0.25, -0.2) is 4.79 Å². The molecule has 0 bridgehead atoms. The minimum atomic E-state index is -0.379. The normalized spacial score (nSPS) is 17.0. The lowest BCUT2D eigenvalue weighted by Gasteiger charge is -2.29. The van der Waals surface area contributed by atoms with Crippen molar-refractivity contribution >= 4 is 11.0 Å². The van der Waals surface area contributed by atoms with Crippen molar-refractivity contribution < 1.29 is 18.6 Å². The third-order valence-corrected chi connectivity index (χ3v) is 5.74. The van der Waals surface area contributed by atoms with Crippen LogP contribution in [0.2, 0.25) is 0 Å². The molecule has 1 aromatic heterocycles. The standard InChI is InChI=1S/C23H23NO5/c1-14-19(28-17-7-9-24(2)10-8-17)5-4-16-11-18(23(25)29-22(14)16)15-3-6-20-21(12-15)27-13-26-20/h3-6,11-12,17H,7-10,13H2,1-2H3. The zero-order chi connectivity index (χ0) is 20.0. The van der Waals surface area contributed by atoms with Gasteiger partial charge >= 0.3 is 5.63 Å². The van der Waals surface area contributed by atoms with Crippen LogP contribution in [0.4, 0.5) is 0 Å². The lowest BCUT2D eigenvalue weighted by molar-refractivity contribution is 0.113. The van der Waals surface area contributed by atoms with E-state index < -0.39 is 0 Å². The Morgan fingerprint density at radius 3 is 2.66 bits per heavy atom. The molecular weight excluding hydrogens is 370 g/mol. The first kappa shape index (κ1) is 18.1. The molecule has 3 aromatic rings. The molecule has 3 heterocycles. The van der Waals surface area contributed by atoms with Crippen molar-refractivity contribution in [1.29, 1.82) is 0 Å². The smallest absolute Gasteiger partial charge is 0.344 e. The highest BCUT2D eigenvalue weighted by molar-refractivity contribution is 5.86. The number of rotatable bonds is 3. The van der Waals surface area contributed by atoms with Gasteiger partial charge in [0, 0.05) is 24.0 Å². The third-order valence-electron chi connectivity index (χ3n) is 5.74. The summed E-state index contributed by atoms with van der Waals surface area (Å²) in [7, 11) is 2.13. The maximum absolute atomic E-state index is 12.7. The highest BCUT2D eigenvalue weighted by Gasteiger charge is 2.21. The van der Waals surface area contributed by atoms with Crippen molar-refractivity contribution in [3.05, 3.63) is 52.4 Å². The number of ether oxygens (including phenoxy) is 3. The second kappa shape index (κ2) is 7.12. The van der Waals surface area contributed by atoms with Crippen LogP contribution in [0.15, 0.2) is 45.6 Å². The number of likely N-dealkylation sites (tertiary alicyclic amines) is 1. The Morgan fingerprint density at radius 2 is 1.83 bits per heavy atom. The van der Waals surface area contributed by atoms with Gasteiger partial charge in [0.25, 0.3) is 0 Å². The van der Waals surface area contributed by atoms with Gasteiger partial charge in [-0.2, -0.15) is 0 Å². The van der Waals surface area contributed by atoms with Gasteiger partial charge in [-0.05, 0) is 62.7 Å². The summed E-state index contributed by atoms with van der Waals surface area (Å²) in [6, 6.07) is 11.3. The van der Waals surface area contributed by atoms with E-state index in [-0.39, 0.29) is 18.5 Å². The predicted molar refractivity (Wildman–Crippen MR) is 110 cm³/mol. The summed E-state index contributed by atoms with van der Waals surface area (Å²) in [5, 5.41) is 0.866. The molecule has 0 radical (unpaired) electrons. The monoisotopic (exact) mass is 393 g/mol. The maximum atomic E-state index is 12.7. The van der Waals surface area contributed by atoms with Crippen LogP contribution in [-0.2, 0) is 0 Å².